The Kier molecular flexibility index (Phi) is 3.74. The minimum Gasteiger partial charge on any atom is -0.338 e. The van der Waals surface area contributed by atoms with Gasteiger partial charge in [-0.1, -0.05) is 36.4 Å². The van der Waals surface area contributed by atoms with Crippen molar-refractivity contribution in [1.82, 2.24) is 9.97 Å². The molecule has 0 aliphatic heterocycles. The van der Waals surface area contributed by atoms with Gasteiger partial charge in [-0.25, -0.2) is 4.98 Å². The number of thiophene rings is 2. The van der Waals surface area contributed by atoms with E-state index in [1.54, 1.807) is 0 Å². The molecular formula is C23H20N2S2. The third-order valence-corrected chi connectivity index (χ3v) is 8.00. The summed E-state index contributed by atoms with van der Waals surface area (Å²) in [6.45, 7) is 8.89. The van der Waals surface area contributed by atoms with Gasteiger partial charge < -0.3 is 4.98 Å². The molecule has 4 heteroatoms. The van der Waals surface area contributed by atoms with E-state index in [0.717, 1.165) is 11.3 Å². The summed E-state index contributed by atoms with van der Waals surface area (Å²) in [6.07, 6.45) is 4.19. The Morgan fingerprint density at radius 1 is 0.815 bits per heavy atom. The topological polar surface area (TPSA) is 28.7 Å². The van der Waals surface area contributed by atoms with Gasteiger partial charge in [-0.3, -0.25) is 0 Å². The maximum atomic E-state index is 5.00. The van der Waals surface area contributed by atoms with E-state index in [1.807, 2.05) is 28.7 Å². The van der Waals surface area contributed by atoms with Crippen LogP contribution >= 0.6 is 22.7 Å². The molecule has 5 rings (SSSR count). The molecule has 2 aromatic carbocycles. The third-order valence-electron chi connectivity index (χ3n) is 5.42. The first-order chi connectivity index (χ1) is 13.0. The van der Waals surface area contributed by atoms with Gasteiger partial charge in [0.15, 0.2) is 0 Å². The summed E-state index contributed by atoms with van der Waals surface area (Å²) in [5.74, 6) is 0.911. The number of hydrogen-bond acceptors (Lipinski definition) is 3. The lowest BCUT2D eigenvalue weighted by Crippen LogP contribution is -1.79. The van der Waals surface area contributed by atoms with Crippen molar-refractivity contribution in [3.8, 4) is 0 Å². The highest BCUT2D eigenvalue weighted by Gasteiger charge is 2.20. The highest BCUT2D eigenvalue weighted by molar-refractivity contribution is 7.27. The van der Waals surface area contributed by atoms with Crippen LogP contribution in [0.25, 0.3) is 43.4 Å². The second-order valence-corrected chi connectivity index (χ2v) is 9.51. The third kappa shape index (κ3) is 2.47. The monoisotopic (exact) mass is 388 g/mol. The molecule has 0 aliphatic carbocycles. The molecule has 0 saturated heterocycles. The Hall–Kier alpha value is -2.43. The summed E-state index contributed by atoms with van der Waals surface area (Å²) in [5, 5.41) is 2.66. The van der Waals surface area contributed by atoms with E-state index >= 15 is 0 Å². The molecule has 0 spiro atoms. The summed E-state index contributed by atoms with van der Waals surface area (Å²) in [5.41, 5.74) is 6.18. The number of rotatable bonds is 2. The van der Waals surface area contributed by atoms with Gasteiger partial charge in [0.2, 0.25) is 0 Å². The van der Waals surface area contributed by atoms with Gasteiger partial charge >= 0.3 is 0 Å². The van der Waals surface area contributed by atoms with Gasteiger partial charge in [-0.15, -0.1) is 22.7 Å². The first-order valence-electron chi connectivity index (χ1n) is 9.09. The van der Waals surface area contributed by atoms with Gasteiger partial charge in [-0.05, 0) is 50.5 Å². The van der Waals surface area contributed by atoms with Crippen LogP contribution in [0.2, 0.25) is 0 Å². The van der Waals surface area contributed by atoms with E-state index in [9.17, 15) is 0 Å². The number of fused-ring (bicyclic) bond motifs is 6. The van der Waals surface area contributed by atoms with Crippen LogP contribution in [0.15, 0.2) is 30.3 Å². The molecule has 0 saturated carbocycles. The lowest BCUT2D eigenvalue weighted by molar-refractivity contribution is 1.30. The summed E-state index contributed by atoms with van der Waals surface area (Å²) >= 11 is 3.81. The quantitative estimate of drug-likeness (QED) is 0.335. The largest absolute Gasteiger partial charge is 0.338 e. The zero-order valence-corrected chi connectivity index (χ0v) is 17.4. The van der Waals surface area contributed by atoms with Crippen LogP contribution in [0.1, 0.15) is 32.3 Å². The summed E-state index contributed by atoms with van der Waals surface area (Å²) in [4.78, 5) is 11.4. The summed E-state index contributed by atoms with van der Waals surface area (Å²) < 4.78 is 2.79. The number of hydrogen-bond donors (Lipinski definition) is 1. The number of benzene rings is 2. The number of nitrogens with one attached hydrogen (secondary N) is 1. The molecule has 3 heterocycles. The van der Waals surface area contributed by atoms with E-state index in [2.05, 4.69) is 69.1 Å². The Balaban J connectivity index is 1.84. The van der Waals surface area contributed by atoms with Crippen molar-refractivity contribution in [2.45, 2.75) is 27.7 Å². The lowest BCUT2D eigenvalue weighted by atomic mass is 10.1. The summed E-state index contributed by atoms with van der Waals surface area (Å²) in [7, 11) is 0. The molecule has 0 unspecified atom stereocenters. The Morgan fingerprint density at radius 3 is 2.15 bits per heavy atom. The Labute approximate surface area is 166 Å². The van der Waals surface area contributed by atoms with E-state index in [-0.39, 0.29) is 0 Å². The van der Waals surface area contributed by atoms with Crippen LogP contribution in [0, 0.1) is 27.7 Å². The second-order valence-electron chi connectivity index (χ2n) is 7.06. The van der Waals surface area contributed by atoms with Gasteiger partial charge in [-0.2, -0.15) is 0 Å². The highest BCUT2D eigenvalue weighted by atomic mass is 32.1. The van der Waals surface area contributed by atoms with E-state index in [1.165, 1.54) is 52.1 Å². The Morgan fingerprint density at radius 2 is 1.44 bits per heavy atom. The molecule has 0 aliphatic rings. The zero-order valence-electron chi connectivity index (χ0n) is 15.8. The number of aryl methyl sites for hydroxylation is 4. The van der Waals surface area contributed by atoms with E-state index in [0.29, 0.717) is 0 Å². The van der Waals surface area contributed by atoms with Crippen LogP contribution in [-0.4, -0.2) is 9.97 Å². The fraction of sp³-hybridized carbons (Fsp3) is 0.174. The molecule has 5 aromatic rings. The van der Waals surface area contributed by atoms with Crippen molar-refractivity contribution >= 4 is 66.0 Å². The number of nitrogens with zero attached hydrogens (tertiary/aromatic N) is 1. The summed E-state index contributed by atoms with van der Waals surface area (Å²) in [6, 6.07) is 10.4. The minimum atomic E-state index is 0.911. The van der Waals surface area contributed by atoms with Crippen molar-refractivity contribution in [2.24, 2.45) is 0 Å². The van der Waals surface area contributed by atoms with Crippen molar-refractivity contribution < 1.29 is 0 Å². The maximum Gasteiger partial charge on any atom is 0.131 e. The van der Waals surface area contributed by atoms with E-state index in [4.69, 9.17) is 4.98 Å². The molecule has 0 atom stereocenters. The average molecular weight is 389 g/mol. The molecule has 134 valence electrons. The number of aromatic nitrogens is 2. The minimum absolute atomic E-state index is 0.911. The van der Waals surface area contributed by atoms with Gasteiger partial charge in [0.25, 0.3) is 0 Å². The van der Waals surface area contributed by atoms with Crippen LogP contribution in [-0.2, 0) is 0 Å². The van der Waals surface area contributed by atoms with Crippen molar-refractivity contribution in [3.63, 3.8) is 0 Å². The number of aromatic amines is 1. The molecule has 0 radical (unpaired) electrons. The highest BCUT2D eigenvalue weighted by Crippen LogP contribution is 2.46. The predicted octanol–water partition coefficient (Wildman–Crippen LogP) is 7.40. The first kappa shape index (κ1) is 16.7. The first-order valence-corrected chi connectivity index (χ1v) is 10.7. The van der Waals surface area contributed by atoms with Gasteiger partial charge in [0, 0.05) is 20.5 Å². The number of H-pyrrole nitrogens is 1. The molecule has 0 amide bonds. The van der Waals surface area contributed by atoms with Crippen LogP contribution in [0.3, 0.4) is 0 Å². The van der Waals surface area contributed by atoms with Crippen LogP contribution in [0.4, 0.5) is 0 Å². The smallest absolute Gasteiger partial charge is 0.131 e. The van der Waals surface area contributed by atoms with Crippen LogP contribution < -0.4 is 0 Å². The zero-order chi connectivity index (χ0) is 18.7. The van der Waals surface area contributed by atoms with Crippen molar-refractivity contribution in [3.05, 3.63) is 62.6 Å². The van der Waals surface area contributed by atoms with E-state index < -0.39 is 0 Å². The van der Waals surface area contributed by atoms with Crippen LogP contribution in [0.5, 0.6) is 0 Å². The molecule has 0 bridgehead atoms. The second kappa shape index (κ2) is 6.04. The Bertz CT molecular complexity index is 1270. The molecule has 3 aromatic heterocycles. The molecule has 2 nitrogen and oxygen atoms in total. The average Bonchev–Trinajstić information content (AvgIpc) is 3.30. The van der Waals surface area contributed by atoms with Gasteiger partial charge in [0.1, 0.15) is 5.82 Å². The van der Waals surface area contributed by atoms with Gasteiger partial charge in [0.05, 0.1) is 20.4 Å². The fourth-order valence-corrected chi connectivity index (χ4v) is 6.20. The normalized spacial score (nSPS) is 12.3. The fourth-order valence-electron chi connectivity index (χ4n) is 3.73. The lowest BCUT2D eigenvalue weighted by Gasteiger charge is -1.99. The van der Waals surface area contributed by atoms with Crippen molar-refractivity contribution in [1.29, 1.82) is 0 Å². The molecule has 27 heavy (non-hydrogen) atoms. The standard InChI is InChI=1S/C23H20N2S2/c1-12-14(3)26-22-18(12)20-21(19-13(2)15(4)27-23(19)22)25-17(24-20)11-10-16-8-6-5-7-9-16/h5-11H,1-4H3,(H,24,25)/b11-10+. The molecule has 0 fully saturated rings. The maximum absolute atomic E-state index is 5.00. The molecule has 1 N–H and O–H groups in total. The predicted molar refractivity (Wildman–Crippen MR) is 121 cm³/mol. The molecular weight excluding hydrogens is 368 g/mol. The van der Waals surface area contributed by atoms with Crippen molar-refractivity contribution in [2.75, 3.05) is 0 Å². The SMILES string of the molecule is Cc1sc2c3sc(C)c(C)c3c3[nH]c(/C=C/c4ccccc4)nc3c2c1C. The number of imidazole rings is 1.